The second kappa shape index (κ2) is 41.2. The first-order valence-electron chi connectivity index (χ1n) is 24.9. The minimum Gasteiger partial charge on any atom is -0.394 e. The number of nitrogens with one attached hydrogen (secondary N) is 1. The summed E-state index contributed by atoms with van der Waals surface area (Å²) in [5, 5.41) is 54.2. The number of carbonyl (C=O) groups excluding carboxylic acids is 1. The van der Waals surface area contributed by atoms with Gasteiger partial charge in [0, 0.05) is 6.42 Å². The number of aliphatic hydroxyl groups is 5. The van der Waals surface area contributed by atoms with E-state index in [2.05, 4.69) is 55.6 Å². The number of allylic oxidation sites excluding steroid dienone is 7. The zero-order valence-electron chi connectivity index (χ0n) is 38.5. The number of amides is 1. The van der Waals surface area contributed by atoms with Crippen molar-refractivity contribution < 1.29 is 39.8 Å². The second-order valence-electron chi connectivity index (χ2n) is 17.2. The molecule has 7 unspecified atom stereocenters. The van der Waals surface area contributed by atoms with Gasteiger partial charge in [-0.1, -0.05) is 191 Å². The Hall–Kier alpha value is -1.85. The average molecular weight is 848 g/mol. The third kappa shape index (κ3) is 31.1. The summed E-state index contributed by atoms with van der Waals surface area (Å²) in [6, 6.07) is -0.823. The van der Waals surface area contributed by atoms with Crippen molar-refractivity contribution in [3.8, 4) is 0 Å². The van der Waals surface area contributed by atoms with E-state index in [1.807, 2.05) is 6.08 Å². The van der Waals surface area contributed by atoms with Crippen molar-refractivity contribution in [1.82, 2.24) is 5.32 Å². The molecule has 60 heavy (non-hydrogen) atoms. The Kier molecular flexibility index (Phi) is 38.5. The van der Waals surface area contributed by atoms with Crippen molar-refractivity contribution in [1.29, 1.82) is 0 Å². The Balaban J connectivity index is 2.26. The summed E-state index contributed by atoms with van der Waals surface area (Å²) in [5.41, 5.74) is 0. The van der Waals surface area contributed by atoms with E-state index >= 15 is 0 Å². The molecule has 7 atom stereocenters. The SMILES string of the molecule is CCCCCCCC/C=C/CC/C=C/C(O)C(COC1OC(CO)C(O)C(O)C1O)NC(=O)CCCCCCCCCCC/C=C\C/C=C\CCCCCCCCCCC. The number of carbonyl (C=O) groups is 1. The number of rotatable bonds is 41. The quantitative estimate of drug-likeness (QED) is 0.0263. The van der Waals surface area contributed by atoms with Crippen LogP contribution in [0, 0.1) is 0 Å². The molecule has 1 fully saturated rings. The zero-order valence-corrected chi connectivity index (χ0v) is 38.5. The molecular formula is C51H93NO8. The highest BCUT2D eigenvalue weighted by molar-refractivity contribution is 5.76. The smallest absolute Gasteiger partial charge is 0.220 e. The molecule has 1 rings (SSSR count). The highest BCUT2D eigenvalue weighted by Gasteiger charge is 2.44. The molecule has 0 spiro atoms. The van der Waals surface area contributed by atoms with Crippen LogP contribution in [0.2, 0.25) is 0 Å². The molecule has 350 valence electrons. The van der Waals surface area contributed by atoms with Crippen LogP contribution in [0.4, 0.5) is 0 Å². The molecule has 1 saturated heterocycles. The zero-order chi connectivity index (χ0) is 43.7. The number of ether oxygens (including phenoxy) is 2. The van der Waals surface area contributed by atoms with E-state index in [-0.39, 0.29) is 12.5 Å². The first-order valence-corrected chi connectivity index (χ1v) is 24.9. The lowest BCUT2D eigenvalue weighted by Crippen LogP contribution is -2.60. The first-order chi connectivity index (χ1) is 29.3. The maximum Gasteiger partial charge on any atom is 0.220 e. The van der Waals surface area contributed by atoms with Gasteiger partial charge in [0.1, 0.15) is 24.4 Å². The number of unbranched alkanes of at least 4 members (excludes halogenated alkanes) is 25. The average Bonchev–Trinajstić information content (AvgIpc) is 3.25. The van der Waals surface area contributed by atoms with Crippen molar-refractivity contribution in [3.05, 3.63) is 48.6 Å². The molecule has 9 nitrogen and oxygen atoms in total. The number of aliphatic hydroxyl groups excluding tert-OH is 5. The van der Waals surface area contributed by atoms with Crippen LogP contribution in [-0.4, -0.2) is 87.5 Å². The third-order valence-corrected chi connectivity index (χ3v) is 11.6. The minimum atomic E-state index is -1.57. The fourth-order valence-corrected chi connectivity index (χ4v) is 7.61. The largest absolute Gasteiger partial charge is 0.394 e. The van der Waals surface area contributed by atoms with E-state index in [4.69, 9.17) is 9.47 Å². The van der Waals surface area contributed by atoms with Crippen molar-refractivity contribution >= 4 is 5.91 Å². The fraction of sp³-hybridized carbons (Fsp3) is 0.824. The van der Waals surface area contributed by atoms with Gasteiger partial charge in [0.15, 0.2) is 6.29 Å². The topological polar surface area (TPSA) is 149 Å². The first kappa shape index (κ1) is 56.2. The van der Waals surface area contributed by atoms with Crippen molar-refractivity contribution in [2.24, 2.45) is 0 Å². The lowest BCUT2D eigenvalue weighted by atomic mass is 9.99. The minimum absolute atomic E-state index is 0.193. The molecule has 0 aromatic heterocycles. The molecule has 1 amide bonds. The van der Waals surface area contributed by atoms with Crippen LogP contribution in [0.1, 0.15) is 213 Å². The molecular weight excluding hydrogens is 755 g/mol. The maximum atomic E-state index is 13.0. The van der Waals surface area contributed by atoms with E-state index in [1.54, 1.807) is 6.08 Å². The highest BCUT2D eigenvalue weighted by Crippen LogP contribution is 2.22. The molecule has 0 aromatic rings. The molecule has 1 aliphatic rings. The van der Waals surface area contributed by atoms with Gasteiger partial charge >= 0.3 is 0 Å². The maximum absolute atomic E-state index is 13.0. The van der Waals surface area contributed by atoms with Gasteiger partial charge < -0.3 is 40.3 Å². The standard InChI is InChI=1S/C51H93NO8/c1-3-5-7-9-11-13-15-17-18-19-20-21-22-23-24-25-26-27-28-29-31-33-35-37-39-41-47(55)52-44(43-59-51-50(58)49(57)48(56)46(42-53)60-51)45(54)40-38-36-34-32-30-16-14-12-10-8-6-4-2/h20-21,23-24,30,32,38,40,44-46,48-51,53-54,56-58H,3-19,22,25-29,31,33-37,39,41-43H2,1-2H3,(H,52,55)/b21-20-,24-23-,32-30+,40-38+. The summed E-state index contributed by atoms with van der Waals surface area (Å²) in [4.78, 5) is 13.0. The van der Waals surface area contributed by atoms with Gasteiger partial charge in [0.25, 0.3) is 0 Å². The lowest BCUT2D eigenvalue weighted by Gasteiger charge is -2.40. The van der Waals surface area contributed by atoms with Gasteiger partial charge in [-0.15, -0.1) is 0 Å². The number of hydrogen-bond donors (Lipinski definition) is 6. The van der Waals surface area contributed by atoms with E-state index in [0.29, 0.717) is 6.42 Å². The van der Waals surface area contributed by atoms with Gasteiger partial charge in [-0.25, -0.2) is 0 Å². The van der Waals surface area contributed by atoms with Crippen LogP contribution in [0.25, 0.3) is 0 Å². The van der Waals surface area contributed by atoms with Crippen LogP contribution in [-0.2, 0) is 14.3 Å². The molecule has 0 saturated carbocycles. The molecule has 9 heteroatoms. The Morgan fingerprint density at radius 1 is 0.567 bits per heavy atom. The Morgan fingerprint density at radius 2 is 1.00 bits per heavy atom. The van der Waals surface area contributed by atoms with Gasteiger partial charge in [0.2, 0.25) is 5.91 Å². The van der Waals surface area contributed by atoms with Crippen LogP contribution in [0.3, 0.4) is 0 Å². The summed E-state index contributed by atoms with van der Waals surface area (Å²) in [6.45, 7) is 3.73. The van der Waals surface area contributed by atoms with Gasteiger partial charge in [-0.05, 0) is 64.2 Å². The van der Waals surface area contributed by atoms with E-state index < -0.39 is 49.5 Å². The summed E-state index contributed by atoms with van der Waals surface area (Å²) in [6.07, 6.45) is 46.0. The Bertz CT molecular complexity index is 1080. The third-order valence-electron chi connectivity index (χ3n) is 11.6. The van der Waals surface area contributed by atoms with E-state index in [1.165, 1.54) is 148 Å². The Morgan fingerprint density at radius 3 is 1.50 bits per heavy atom. The molecule has 1 aliphatic heterocycles. The predicted molar refractivity (Wildman–Crippen MR) is 249 cm³/mol. The predicted octanol–water partition coefficient (Wildman–Crippen LogP) is 11.0. The Labute approximate surface area is 367 Å². The van der Waals surface area contributed by atoms with Gasteiger partial charge in [0.05, 0.1) is 25.4 Å². The highest BCUT2D eigenvalue weighted by atomic mass is 16.7. The molecule has 6 N–H and O–H groups in total. The molecule has 0 aliphatic carbocycles. The van der Waals surface area contributed by atoms with Crippen LogP contribution < -0.4 is 5.32 Å². The van der Waals surface area contributed by atoms with Crippen molar-refractivity contribution in [2.45, 2.75) is 256 Å². The molecule has 0 aromatic carbocycles. The monoisotopic (exact) mass is 848 g/mol. The van der Waals surface area contributed by atoms with Crippen molar-refractivity contribution in [2.75, 3.05) is 13.2 Å². The summed E-state index contributed by atoms with van der Waals surface area (Å²) in [7, 11) is 0. The summed E-state index contributed by atoms with van der Waals surface area (Å²) in [5.74, 6) is -0.193. The van der Waals surface area contributed by atoms with Crippen LogP contribution in [0.5, 0.6) is 0 Å². The summed E-state index contributed by atoms with van der Waals surface area (Å²) >= 11 is 0. The van der Waals surface area contributed by atoms with Gasteiger partial charge in [-0.2, -0.15) is 0 Å². The van der Waals surface area contributed by atoms with Crippen LogP contribution in [0.15, 0.2) is 48.6 Å². The van der Waals surface area contributed by atoms with Gasteiger partial charge in [-0.3, -0.25) is 4.79 Å². The van der Waals surface area contributed by atoms with Crippen molar-refractivity contribution in [3.63, 3.8) is 0 Å². The fourth-order valence-electron chi connectivity index (χ4n) is 7.61. The van der Waals surface area contributed by atoms with E-state index in [0.717, 1.165) is 44.9 Å². The van der Waals surface area contributed by atoms with Crippen LogP contribution >= 0.6 is 0 Å². The lowest BCUT2D eigenvalue weighted by molar-refractivity contribution is -0.302. The molecule has 0 radical (unpaired) electrons. The summed E-state index contributed by atoms with van der Waals surface area (Å²) < 4.78 is 11.2. The molecule has 0 bridgehead atoms. The second-order valence-corrected chi connectivity index (χ2v) is 17.2. The van der Waals surface area contributed by atoms with E-state index in [9.17, 15) is 30.3 Å². The number of hydrogen-bond acceptors (Lipinski definition) is 8. The molecule has 1 heterocycles. The normalized spacial score (nSPS) is 20.9.